The topological polar surface area (TPSA) is 115 Å². The Kier molecular flexibility index (Phi) is 8.19. The Bertz CT molecular complexity index is 1530. The van der Waals surface area contributed by atoms with Crippen molar-refractivity contribution < 1.29 is 22.7 Å². The summed E-state index contributed by atoms with van der Waals surface area (Å²) in [7, 11) is -2.02. The minimum Gasteiger partial charge on any atom is -0.340 e. The van der Waals surface area contributed by atoms with Gasteiger partial charge in [0.2, 0.25) is 28.4 Å². The Morgan fingerprint density at radius 2 is 1.60 bits per heavy atom. The quantitative estimate of drug-likeness (QED) is 0.207. The first-order chi connectivity index (χ1) is 19.3. The molecule has 0 bridgehead atoms. The molecule has 1 aliphatic rings. The minimum absolute atomic E-state index is 0.0841. The summed E-state index contributed by atoms with van der Waals surface area (Å²) in [6.45, 7) is 2.33. The number of anilines is 4. The van der Waals surface area contributed by atoms with Gasteiger partial charge in [0.15, 0.2) is 0 Å². The van der Waals surface area contributed by atoms with Crippen molar-refractivity contribution in [3.05, 3.63) is 96.7 Å². The van der Waals surface area contributed by atoms with E-state index in [4.69, 9.17) is 0 Å². The number of rotatable bonds is 9. The smallest absolute Gasteiger partial charge is 0.243 e. The van der Waals surface area contributed by atoms with E-state index in [9.17, 15) is 18.0 Å². The Morgan fingerprint density at radius 1 is 0.975 bits per heavy atom. The average Bonchev–Trinajstić information content (AvgIpc) is 2.96. The third-order valence-corrected chi connectivity index (χ3v) is 8.84. The summed E-state index contributed by atoms with van der Waals surface area (Å²) in [6, 6.07) is 17.8. The van der Waals surface area contributed by atoms with Crippen LogP contribution in [-0.4, -0.2) is 59.0 Å². The van der Waals surface area contributed by atoms with Crippen molar-refractivity contribution in [1.82, 2.24) is 19.2 Å². The second kappa shape index (κ2) is 11.9. The molecule has 40 heavy (non-hydrogen) atoms. The first-order valence-electron chi connectivity index (χ1n) is 12.9. The van der Waals surface area contributed by atoms with Gasteiger partial charge in [0.25, 0.3) is 0 Å². The fourth-order valence-electron chi connectivity index (χ4n) is 4.63. The Hall–Kier alpha value is -4.13. The fraction of sp³-hybridized carbons (Fsp3) is 0.250. The summed E-state index contributed by atoms with van der Waals surface area (Å²) < 4.78 is 42.4. The van der Waals surface area contributed by atoms with Crippen LogP contribution in [-0.2, 0) is 16.6 Å². The highest BCUT2D eigenvalue weighted by molar-refractivity contribution is 7.89. The minimum atomic E-state index is -3.67. The predicted molar refractivity (Wildman–Crippen MR) is 149 cm³/mol. The molecular formula is C28H31FN7O3S+. The number of benzene rings is 2. The number of pyridine rings is 1. The molecule has 0 amide bonds. The monoisotopic (exact) mass is 564 g/mol. The highest BCUT2D eigenvalue weighted by Gasteiger charge is 2.31. The molecule has 4 aromatic rings. The van der Waals surface area contributed by atoms with E-state index >= 15 is 0 Å². The second-order valence-electron chi connectivity index (χ2n) is 9.66. The summed E-state index contributed by atoms with van der Waals surface area (Å²) in [6.07, 6.45) is 6.26. The number of likely N-dealkylation sites (tertiary alicyclic amines) is 1. The maximum atomic E-state index is 13.4. The van der Waals surface area contributed by atoms with Crippen LogP contribution in [0.25, 0.3) is 0 Å². The number of hydrogen-bond donors (Lipinski definition) is 3. The molecule has 12 heteroatoms. The molecule has 2 aromatic heterocycles. The zero-order valence-electron chi connectivity index (χ0n) is 22.0. The number of hydrogen-bond acceptors (Lipinski definition) is 8. The zero-order chi connectivity index (χ0) is 28.1. The number of piperidine rings is 1. The van der Waals surface area contributed by atoms with Crippen LogP contribution < -0.4 is 15.4 Å². The summed E-state index contributed by atoms with van der Waals surface area (Å²) in [4.78, 5) is 11.1. The number of nitrogens with one attached hydrogen (secondary N) is 2. The lowest BCUT2D eigenvalue weighted by atomic mass is 10.0. The molecule has 0 aliphatic carbocycles. The largest absolute Gasteiger partial charge is 0.340 e. The molecule has 1 fully saturated rings. The molecule has 3 N–H and O–H groups in total. The molecule has 3 heterocycles. The number of aromatic nitrogens is 3. The molecule has 10 nitrogen and oxygen atoms in total. The van der Waals surface area contributed by atoms with E-state index in [1.54, 1.807) is 68.1 Å². The average molecular weight is 565 g/mol. The van der Waals surface area contributed by atoms with Crippen LogP contribution >= 0.6 is 0 Å². The Balaban J connectivity index is 1.17. The van der Waals surface area contributed by atoms with E-state index in [0.29, 0.717) is 23.1 Å². The normalized spacial score (nSPS) is 14.8. The van der Waals surface area contributed by atoms with Crippen molar-refractivity contribution in [2.24, 2.45) is 0 Å². The molecule has 1 saturated heterocycles. The van der Waals surface area contributed by atoms with Gasteiger partial charge in [0.1, 0.15) is 11.6 Å². The summed E-state index contributed by atoms with van der Waals surface area (Å²) in [5, 5.41) is 15.6. The van der Waals surface area contributed by atoms with Crippen LogP contribution in [0.1, 0.15) is 18.4 Å². The van der Waals surface area contributed by atoms with E-state index in [1.165, 1.54) is 16.4 Å². The van der Waals surface area contributed by atoms with Gasteiger partial charge in [0.05, 0.1) is 4.90 Å². The Morgan fingerprint density at radius 3 is 2.27 bits per heavy atom. The maximum absolute atomic E-state index is 13.4. The van der Waals surface area contributed by atoms with E-state index in [0.717, 1.165) is 42.8 Å². The Labute approximate surface area is 232 Å². The van der Waals surface area contributed by atoms with Crippen molar-refractivity contribution in [3.63, 3.8) is 0 Å². The van der Waals surface area contributed by atoms with Crippen LogP contribution in [0.5, 0.6) is 0 Å². The van der Waals surface area contributed by atoms with E-state index < -0.39 is 10.0 Å². The number of halogens is 1. The third kappa shape index (κ3) is 6.71. The molecule has 0 spiro atoms. The lowest BCUT2D eigenvalue weighted by Gasteiger charge is -2.36. The van der Waals surface area contributed by atoms with Crippen molar-refractivity contribution in [1.29, 1.82) is 0 Å². The van der Waals surface area contributed by atoms with Gasteiger partial charge in [-0.15, -0.1) is 0 Å². The summed E-state index contributed by atoms with van der Waals surface area (Å²) in [5.74, 6) is 0.537. The van der Waals surface area contributed by atoms with Crippen LogP contribution in [0.4, 0.5) is 27.5 Å². The van der Waals surface area contributed by atoms with Gasteiger partial charge in [-0.2, -0.15) is 9.29 Å². The van der Waals surface area contributed by atoms with Crippen LogP contribution in [0.15, 0.2) is 90.2 Å². The van der Waals surface area contributed by atoms with E-state index in [1.807, 2.05) is 12.1 Å². The fourth-order valence-corrected chi connectivity index (χ4v) is 6.04. The van der Waals surface area contributed by atoms with Crippen LogP contribution in [0.2, 0.25) is 0 Å². The number of sulfonamides is 1. The lowest BCUT2D eigenvalue weighted by Crippen LogP contribution is -2.45. The highest BCUT2D eigenvalue weighted by Crippen LogP contribution is 2.25. The first kappa shape index (κ1) is 27.4. The summed E-state index contributed by atoms with van der Waals surface area (Å²) >= 11 is 0. The zero-order valence-corrected chi connectivity index (χ0v) is 22.8. The molecular weight excluding hydrogens is 533 g/mol. The molecule has 1 aliphatic heterocycles. The van der Waals surface area contributed by atoms with Crippen molar-refractivity contribution in [2.75, 3.05) is 30.8 Å². The van der Waals surface area contributed by atoms with Gasteiger partial charge >= 0.3 is 0 Å². The molecule has 0 unspecified atom stereocenters. The molecule has 0 radical (unpaired) electrons. The molecule has 0 atom stereocenters. The number of nitrogens with zero attached hydrogens (tertiary/aromatic N) is 5. The first-order valence-corrected chi connectivity index (χ1v) is 14.3. The van der Waals surface area contributed by atoms with Gasteiger partial charge in [-0.25, -0.2) is 17.8 Å². The van der Waals surface area contributed by atoms with Gasteiger partial charge < -0.3 is 10.6 Å². The van der Waals surface area contributed by atoms with Gasteiger partial charge in [-0.05, 0) is 73.0 Å². The SMILES string of the molecule is CN(C1CCN(Cc2cc[n+](O)cc2)CC1)S(=O)(=O)c1ccc(Nc2nccc(Nc3ccc(F)cc3)n2)cc1. The maximum Gasteiger partial charge on any atom is 0.243 e. The van der Waals surface area contributed by atoms with Crippen molar-refractivity contribution in [2.45, 2.75) is 30.3 Å². The van der Waals surface area contributed by atoms with Gasteiger partial charge in [-0.1, -0.05) is 0 Å². The molecule has 208 valence electrons. The van der Waals surface area contributed by atoms with Crippen LogP contribution in [0.3, 0.4) is 0 Å². The lowest BCUT2D eigenvalue weighted by molar-refractivity contribution is -0.904. The predicted octanol–water partition coefficient (Wildman–Crippen LogP) is 3.91. The van der Waals surface area contributed by atoms with Crippen molar-refractivity contribution >= 4 is 33.2 Å². The van der Waals surface area contributed by atoms with Crippen LogP contribution in [0, 0.1) is 5.82 Å². The molecule has 0 saturated carbocycles. The van der Waals surface area contributed by atoms with Gasteiger partial charge in [-0.3, -0.25) is 10.1 Å². The molecule has 2 aromatic carbocycles. The third-order valence-electron chi connectivity index (χ3n) is 6.92. The second-order valence-corrected chi connectivity index (χ2v) is 11.7. The van der Waals surface area contributed by atoms with Crippen molar-refractivity contribution in [3.8, 4) is 0 Å². The summed E-state index contributed by atoms with van der Waals surface area (Å²) in [5.41, 5.74) is 2.42. The molecule has 5 rings (SSSR count). The highest BCUT2D eigenvalue weighted by atomic mass is 32.2. The van der Waals surface area contributed by atoms with E-state index in [2.05, 4.69) is 25.5 Å². The standard InChI is InChI=1S/C28H31FN7O3S/c1-34(25-13-16-35(17-14-25)20-21-11-18-36(37)19-12-21)40(38,39)26-8-6-24(7-9-26)32-28-30-15-10-27(33-28)31-23-4-2-22(29)3-5-23/h2-12,15,18-19,25,37H,13-14,16-17,20H2,1H3,(H2,30,31,32,33)/q+1. The van der Waals surface area contributed by atoms with E-state index in [-0.39, 0.29) is 16.8 Å². The van der Waals surface area contributed by atoms with Gasteiger partial charge in [0, 0.05) is 67.2 Å².